The smallest absolute Gasteiger partial charge is 0.338 e. The number of amides is 1. The van der Waals surface area contributed by atoms with Gasteiger partial charge in [0.15, 0.2) is 0 Å². The Kier molecular flexibility index (Phi) is 7.25. The molecule has 168 valence electrons. The number of halogens is 3. The summed E-state index contributed by atoms with van der Waals surface area (Å²) in [7, 11) is 0. The number of ether oxygens (including phenoxy) is 1. The zero-order valence-electron chi connectivity index (χ0n) is 17.5. The Bertz CT molecular complexity index is 1330. The Morgan fingerprint density at radius 1 is 0.970 bits per heavy atom. The molecule has 1 amide bonds. The number of carbonyl (C=O) groups is 2. The first-order valence-electron chi connectivity index (χ1n) is 10.1. The predicted molar refractivity (Wildman–Crippen MR) is 136 cm³/mol. The number of benzene rings is 3. The van der Waals surface area contributed by atoms with Crippen LogP contribution in [-0.4, -0.2) is 18.5 Å². The van der Waals surface area contributed by atoms with Gasteiger partial charge in [0.25, 0.3) is 5.91 Å². The molecule has 0 atom stereocenters. The molecule has 0 bridgehead atoms. The van der Waals surface area contributed by atoms with Crippen LogP contribution >= 0.6 is 46.1 Å². The van der Waals surface area contributed by atoms with E-state index in [1.54, 1.807) is 54.3 Å². The van der Waals surface area contributed by atoms with Crippen LogP contribution in [0.4, 0.5) is 5.69 Å². The van der Waals surface area contributed by atoms with Gasteiger partial charge >= 0.3 is 5.97 Å². The van der Waals surface area contributed by atoms with E-state index in [9.17, 15) is 9.59 Å². The molecule has 3 aromatic carbocycles. The zero-order chi connectivity index (χ0) is 23.5. The highest BCUT2D eigenvalue weighted by molar-refractivity contribution is 7.21. The maximum absolute atomic E-state index is 13.7. The van der Waals surface area contributed by atoms with Crippen LogP contribution in [0.25, 0.3) is 10.1 Å². The van der Waals surface area contributed by atoms with Crippen LogP contribution in [0.1, 0.15) is 32.5 Å². The van der Waals surface area contributed by atoms with Gasteiger partial charge < -0.3 is 9.64 Å². The minimum absolute atomic E-state index is 0.193. The van der Waals surface area contributed by atoms with Crippen molar-refractivity contribution in [3.8, 4) is 0 Å². The molecule has 8 heteroatoms. The van der Waals surface area contributed by atoms with Gasteiger partial charge in [-0.1, -0.05) is 59.1 Å². The molecule has 0 aliphatic carbocycles. The SMILES string of the molecule is CCOC(=O)c1ccc(N(Cc2ccc(Cl)cc2Cl)C(=O)c2sc3ccccc3c2Cl)cc1. The van der Waals surface area contributed by atoms with E-state index in [-0.39, 0.29) is 19.1 Å². The lowest BCUT2D eigenvalue weighted by Crippen LogP contribution is -2.30. The number of nitrogens with zero attached hydrogens (tertiary/aromatic N) is 1. The molecule has 0 fully saturated rings. The number of esters is 1. The predicted octanol–water partition coefficient (Wildman–Crippen LogP) is 7.89. The van der Waals surface area contributed by atoms with Crippen LogP contribution in [-0.2, 0) is 11.3 Å². The van der Waals surface area contributed by atoms with E-state index in [2.05, 4.69) is 0 Å². The van der Waals surface area contributed by atoms with Crippen LogP contribution in [0, 0.1) is 0 Å². The molecule has 0 aliphatic rings. The van der Waals surface area contributed by atoms with Crippen molar-refractivity contribution in [3.05, 3.63) is 97.8 Å². The van der Waals surface area contributed by atoms with Crippen molar-refractivity contribution >= 4 is 73.8 Å². The van der Waals surface area contributed by atoms with Gasteiger partial charge in [-0.25, -0.2) is 4.79 Å². The van der Waals surface area contributed by atoms with E-state index in [0.717, 1.165) is 15.6 Å². The summed E-state index contributed by atoms with van der Waals surface area (Å²) in [5.41, 5.74) is 1.71. The molecule has 0 aliphatic heterocycles. The molecule has 1 aromatic heterocycles. The highest BCUT2D eigenvalue weighted by Crippen LogP contribution is 2.37. The molecule has 0 unspecified atom stereocenters. The van der Waals surface area contributed by atoms with E-state index in [0.29, 0.717) is 31.2 Å². The maximum atomic E-state index is 13.7. The van der Waals surface area contributed by atoms with Gasteiger partial charge in [-0.3, -0.25) is 4.79 Å². The Balaban J connectivity index is 1.75. The second-order valence-electron chi connectivity index (χ2n) is 7.14. The lowest BCUT2D eigenvalue weighted by Gasteiger charge is -2.23. The number of thiophene rings is 1. The van der Waals surface area contributed by atoms with E-state index < -0.39 is 5.97 Å². The van der Waals surface area contributed by atoms with Crippen molar-refractivity contribution in [2.45, 2.75) is 13.5 Å². The molecule has 0 radical (unpaired) electrons. The Hall–Kier alpha value is -2.57. The Morgan fingerprint density at radius 2 is 1.70 bits per heavy atom. The van der Waals surface area contributed by atoms with E-state index in [1.807, 2.05) is 24.3 Å². The van der Waals surface area contributed by atoms with Gasteiger partial charge in [0.05, 0.1) is 23.7 Å². The fourth-order valence-corrected chi connectivity index (χ4v) is 5.30. The summed E-state index contributed by atoms with van der Waals surface area (Å²) in [6, 6.07) is 19.4. The van der Waals surface area contributed by atoms with Crippen molar-refractivity contribution in [2.75, 3.05) is 11.5 Å². The molecule has 4 nitrogen and oxygen atoms in total. The average molecular weight is 519 g/mol. The topological polar surface area (TPSA) is 46.6 Å². The van der Waals surface area contributed by atoms with Gasteiger partial charge in [0.1, 0.15) is 4.88 Å². The van der Waals surface area contributed by atoms with Gasteiger partial charge in [0.2, 0.25) is 0 Å². The number of rotatable bonds is 6. The zero-order valence-corrected chi connectivity index (χ0v) is 20.6. The molecule has 33 heavy (non-hydrogen) atoms. The molecule has 1 heterocycles. The molecule has 0 saturated carbocycles. The summed E-state index contributed by atoms with van der Waals surface area (Å²) in [4.78, 5) is 27.8. The number of fused-ring (bicyclic) bond motifs is 1. The Morgan fingerprint density at radius 3 is 2.36 bits per heavy atom. The van der Waals surface area contributed by atoms with Crippen LogP contribution in [0.5, 0.6) is 0 Å². The van der Waals surface area contributed by atoms with Gasteiger partial charge in [0, 0.05) is 25.8 Å². The minimum atomic E-state index is -0.421. The lowest BCUT2D eigenvalue weighted by molar-refractivity contribution is 0.0526. The van der Waals surface area contributed by atoms with Crippen LogP contribution < -0.4 is 4.90 Å². The normalized spacial score (nSPS) is 10.9. The highest BCUT2D eigenvalue weighted by Gasteiger charge is 2.25. The average Bonchev–Trinajstić information content (AvgIpc) is 3.15. The summed E-state index contributed by atoms with van der Waals surface area (Å²) in [5.74, 6) is -0.689. The van der Waals surface area contributed by atoms with Gasteiger partial charge in [-0.15, -0.1) is 11.3 Å². The number of carbonyl (C=O) groups excluding carboxylic acids is 2. The van der Waals surface area contributed by atoms with Crippen LogP contribution in [0.2, 0.25) is 15.1 Å². The van der Waals surface area contributed by atoms with Crippen molar-refractivity contribution in [2.24, 2.45) is 0 Å². The third kappa shape index (κ3) is 5.02. The first-order valence-corrected chi connectivity index (χ1v) is 12.0. The fraction of sp³-hybridized carbons (Fsp3) is 0.120. The van der Waals surface area contributed by atoms with Crippen LogP contribution in [0.3, 0.4) is 0 Å². The Labute approximate surface area is 210 Å². The fourth-order valence-electron chi connectivity index (χ4n) is 3.37. The third-order valence-electron chi connectivity index (χ3n) is 5.01. The van der Waals surface area contributed by atoms with Crippen molar-refractivity contribution < 1.29 is 14.3 Å². The monoisotopic (exact) mass is 517 g/mol. The second kappa shape index (κ2) is 10.1. The standard InChI is InChI=1S/C25H18Cl3NO3S/c1-2-32-25(31)15-8-11-18(12-9-15)29(14-16-7-10-17(26)13-20(16)27)24(30)23-22(28)19-5-3-4-6-21(19)33-23/h3-13H,2,14H2,1H3. The largest absolute Gasteiger partial charge is 0.462 e. The number of hydrogen-bond donors (Lipinski definition) is 0. The third-order valence-corrected chi connectivity index (χ3v) is 7.26. The quantitative estimate of drug-likeness (QED) is 0.244. The first kappa shape index (κ1) is 23.6. The van der Waals surface area contributed by atoms with E-state index in [4.69, 9.17) is 39.5 Å². The van der Waals surface area contributed by atoms with E-state index in [1.165, 1.54) is 11.3 Å². The highest BCUT2D eigenvalue weighted by atomic mass is 35.5. The molecular weight excluding hydrogens is 501 g/mol. The first-order chi connectivity index (χ1) is 15.9. The van der Waals surface area contributed by atoms with Crippen LogP contribution in [0.15, 0.2) is 66.7 Å². The van der Waals surface area contributed by atoms with Crippen molar-refractivity contribution in [3.63, 3.8) is 0 Å². The molecule has 0 spiro atoms. The van der Waals surface area contributed by atoms with Gasteiger partial charge in [-0.05, 0) is 55.0 Å². The molecule has 0 N–H and O–H groups in total. The molecule has 4 rings (SSSR count). The number of anilines is 1. The molecule has 4 aromatic rings. The summed E-state index contributed by atoms with van der Waals surface area (Å²) >= 11 is 20.4. The maximum Gasteiger partial charge on any atom is 0.338 e. The minimum Gasteiger partial charge on any atom is -0.462 e. The second-order valence-corrected chi connectivity index (χ2v) is 9.41. The van der Waals surface area contributed by atoms with Crippen molar-refractivity contribution in [1.82, 2.24) is 0 Å². The van der Waals surface area contributed by atoms with Gasteiger partial charge in [-0.2, -0.15) is 0 Å². The van der Waals surface area contributed by atoms with E-state index >= 15 is 0 Å². The summed E-state index contributed by atoms with van der Waals surface area (Å²) in [6.45, 7) is 2.22. The molecule has 0 saturated heterocycles. The molecular formula is C25H18Cl3NO3S. The summed E-state index contributed by atoms with van der Waals surface area (Å²) in [5, 5.41) is 2.20. The van der Waals surface area contributed by atoms with Crippen molar-refractivity contribution in [1.29, 1.82) is 0 Å². The summed E-state index contributed by atoms with van der Waals surface area (Å²) in [6.07, 6.45) is 0. The summed E-state index contributed by atoms with van der Waals surface area (Å²) < 4.78 is 5.98. The lowest BCUT2D eigenvalue weighted by atomic mass is 10.1. The number of hydrogen-bond acceptors (Lipinski definition) is 4.